The van der Waals surface area contributed by atoms with Gasteiger partial charge in [-0.05, 0) is 203 Å². The molecule has 0 amide bonds. The van der Waals surface area contributed by atoms with Gasteiger partial charge in [0, 0.05) is 34.5 Å². The maximum atomic E-state index is 2.60. The van der Waals surface area contributed by atoms with Gasteiger partial charge in [-0.15, -0.1) is 0 Å². The minimum atomic E-state index is -0.108. The third kappa shape index (κ3) is 2.77. The van der Waals surface area contributed by atoms with E-state index >= 15 is 0 Å². The zero-order valence-corrected chi connectivity index (χ0v) is 34.7. The van der Waals surface area contributed by atoms with Crippen LogP contribution in [0.15, 0.2) is 253 Å². The quantitative estimate of drug-likeness (QED) is 0.268. The minimum Gasteiger partial charge on any atom is -0.0613 e. The van der Waals surface area contributed by atoms with E-state index < -0.39 is 0 Å². The lowest BCUT2D eigenvalue weighted by Crippen LogP contribution is -2.52. The zero-order chi connectivity index (χ0) is 38.9. The van der Waals surface area contributed by atoms with Crippen LogP contribution in [0.3, 0.4) is 0 Å². The van der Waals surface area contributed by atoms with Crippen molar-refractivity contribution in [1.82, 2.24) is 0 Å². The van der Waals surface area contributed by atoms with Gasteiger partial charge in [0.2, 0.25) is 0 Å². The van der Waals surface area contributed by atoms with Crippen molar-refractivity contribution in [3.63, 3.8) is 0 Å². The Morgan fingerprint density at radius 1 is 0.339 bits per heavy atom. The Labute approximate surface area is 347 Å². The van der Waals surface area contributed by atoms with Crippen LogP contribution in [-0.4, -0.2) is 0 Å². The van der Waals surface area contributed by atoms with E-state index in [1.807, 2.05) is 0 Å². The predicted octanol–water partition coefficient (Wildman–Crippen LogP) is 13.5. The molecule has 0 saturated heterocycles. The summed E-state index contributed by atoms with van der Waals surface area (Å²) in [5, 5.41) is 0. The van der Waals surface area contributed by atoms with Crippen molar-refractivity contribution in [1.29, 1.82) is 0 Å². The Balaban J connectivity index is 0.979. The van der Waals surface area contributed by atoms with Crippen LogP contribution in [0.4, 0.5) is 0 Å². The van der Waals surface area contributed by atoms with Crippen molar-refractivity contribution in [2.45, 2.75) is 60.8 Å². The second-order valence-electron chi connectivity index (χ2n) is 19.9. The molecule has 0 aliphatic heterocycles. The first kappa shape index (κ1) is 31.2. The highest BCUT2D eigenvalue weighted by Crippen LogP contribution is 2.79. The summed E-state index contributed by atoms with van der Waals surface area (Å²) < 4.78 is 0. The number of rotatable bonds is 4. The molecule has 0 aromatic rings. The first-order chi connectivity index (χ1) is 28.9. The lowest BCUT2D eigenvalue weighted by atomic mass is 9.41. The Hall–Kier alpha value is -5.72. The van der Waals surface area contributed by atoms with Crippen molar-refractivity contribution in [2.24, 2.45) is 34.5 Å². The zero-order valence-electron chi connectivity index (χ0n) is 34.7. The number of hydrogen-bond donors (Lipinski definition) is 0. The summed E-state index contributed by atoms with van der Waals surface area (Å²) in [4.78, 5) is 0. The van der Waals surface area contributed by atoms with Gasteiger partial charge in [0.15, 0.2) is 0 Å². The molecule has 0 fully saturated rings. The first-order valence-corrected chi connectivity index (χ1v) is 22.6. The molecule has 0 heteroatoms. The van der Waals surface area contributed by atoms with Gasteiger partial charge < -0.3 is 0 Å². The maximum absolute atomic E-state index is 2.60. The highest BCUT2D eigenvalue weighted by Gasteiger charge is 2.69. The van der Waals surface area contributed by atoms with Crippen LogP contribution in [-0.2, 0) is 0 Å². The van der Waals surface area contributed by atoms with Gasteiger partial charge >= 0.3 is 0 Å². The molecular weight excluding hydrogens is 709 g/mol. The standard InChI is InChI=1S/C59H44/c1-7-30-40-17-13-36-26(3)32-9-11-34-28(5)38-15-19-44-48(46-23-21-42(30)56(46)58(50(32)34,52(36)40)54(38)44)25-49-45-20-16-39-29(6)35-12-10-33-27(4)37-14-18-41-31(8-2)43-22-24-47(49)57(43)59(51(33)35,53(37)41)55(39)45/h9-24,50,53,55-56H,7-8,25H2,1-6H3. The molecule has 0 N–H and O–H groups in total. The Bertz CT molecular complexity index is 3300. The largest absolute Gasteiger partial charge is 0.0613 e. The molecule has 0 saturated carbocycles. The van der Waals surface area contributed by atoms with Crippen molar-refractivity contribution in [3.05, 3.63) is 253 Å². The third-order valence-electron chi connectivity index (χ3n) is 18.7. The molecule has 0 nitrogen and oxygen atoms in total. The van der Waals surface area contributed by atoms with Crippen LogP contribution < -0.4 is 0 Å². The predicted molar refractivity (Wildman–Crippen MR) is 238 cm³/mol. The SMILES string of the molecule is CCC1=C2C=CC3=C2C24C5=C(C=CC5=C(CC5=C6C=CC7=C6C68C9=C(C=CC9=C(C)C9=CC=C5C96)C(C)=C5C=CC(=C7CC)C58)C5=CC=C1C52)C(C)=C1C=CC(=C3C)C14. The highest BCUT2D eigenvalue weighted by atomic mass is 14.7. The van der Waals surface area contributed by atoms with Gasteiger partial charge in [-0.2, -0.15) is 0 Å². The maximum Gasteiger partial charge on any atom is 0.0445 e. The van der Waals surface area contributed by atoms with E-state index in [-0.39, 0.29) is 10.8 Å². The first-order valence-electron chi connectivity index (χ1n) is 22.6. The lowest BCUT2D eigenvalue weighted by Gasteiger charge is -2.60. The molecule has 0 heterocycles. The monoisotopic (exact) mass is 752 g/mol. The van der Waals surface area contributed by atoms with E-state index in [2.05, 4.69) is 139 Å². The molecule has 2 spiro atoms. The smallest absolute Gasteiger partial charge is 0.0445 e. The molecule has 280 valence electrons. The van der Waals surface area contributed by atoms with E-state index in [0.29, 0.717) is 23.7 Å². The fourth-order valence-electron chi connectivity index (χ4n) is 16.9. The molecule has 0 aromatic heterocycles. The fourth-order valence-corrected chi connectivity index (χ4v) is 16.9. The molecule has 0 bridgehead atoms. The Kier molecular flexibility index (Phi) is 4.95. The topological polar surface area (TPSA) is 0 Å². The number of allylic oxidation sites excluding steroid dienone is 44. The summed E-state index contributed by atoms with van der Waals surface area (Å²) in [6.45, 7) is 14.5. The van der Waals surface area contributed by atoms with Crippen molar-refractivity contribution < 1.29 is 0 Å². The van der Waals surface area contributed by atoms with E-state index in [9.17, 15) is 0 Å². The number of hydrogen-bond acceptors (Lipinski definition) is 0. The van der Waals surface area contributed by atoms with Gasteiger partial charge in [-0.3, -0.25) is 0 Å². The summed E-state index contributed by atoms with van der Waals surface area (Å²) in [6, 6.07) is 0. The van der Waals surface area contributed by atoms with E-state index in [1.54, 1.807) is 89.2 Å². The van der Waals surface area contributed by atoms with Crippen LogP contribution in [0, 0.1) is 34.5 Å². The molecule has 16 aliphatic carbocycles. The third-order valence-corrected chi connectivity index (χ3v) is 18.7. The van der Waals surface area contributed by atoms with Crippen molar-refractivity contribution in [3.8, 4) is 0 Å². The molecule has 0 aromatic carbocycles. The van der Waals surface area contributed by atoms with Crippen LogP contribution in [0.2, 0.25) is 0 Å². The minimum absolute atomic E-state index is 0.108. The highest BCUT2D eigenvalue weighted by molar-refractivity contribution is 5.91. The molecule has 16 aliphatic rings. The van der Waals surface area contributed by atoms with Crippen molar-refractivity contribution in [2.75, 3.05) is 0 Å². The molecule has 6 atom stereocenters. The van der Waals surface area contributed by atoms with Gasteiger partial charge in [0.05, 0.1) is 0 Å². The van der Waals surface area contributed by atoms with E-state index in [0.717, 1.165) is 19.3 Å². The van der Waals surface area contributed by atoms with Crippen LogP contribution in [0.25, 0.3) is 0 Å². The van der Waals surface area contributed by atoms with Crippen LogP contribution in [0.1, 0.15) is 60.8 Å². The summed E-state index contributed by atoms with van der Waals surface area (Å²) in [5.41, 5.74) is 43.4. The van der Waals surface area contributed by atoms with Gasteiger partial charge in [-0.25, -0.2) is 0 Å². The lowest BCUT2D eigenvalue weighted by molar-refractivity contribution is 0.256. The fraction of sp³-hybridized carbons (Fsp3) is 0.254. The molecule has 6 unspecified atom stereocenters. The van der Waals surface area contributed by atoms with Gasteiger partial charge in [-0.1, -0.05) is 111 Å². The van der Waals surface area contributed by atoms with Gasteiger partial charge in [0.25, 0.3) is 0 Å². The van der Waals surface area contributed by atoms with Gasteiger partial charge in [0.1, 0.15) is 0 Å². The average Bonchev–Trinajstić information content (AvgIpc) is 4.10. The normalized spacial score (nSPS) is 36.2. The molecule has 59 heavy (non-hydrogen) atoms. The molecule has 16 rings (SSSR count). The molecule has 0 radical (unpaired) electrons. The average molecular weight is 753 g/mol. The van der Waals surface area contributed by atoms with Crippen LogP contribution in [0.5, 0.6) is 0 Å². The summed E-state index contributed by atoms with van der Waals surface area (Å²) >= 11 is 0. The van der Waals surface area contributed by atoms with E-state index in [4.69, 9.17) is 0 Å². The van der Waals surface area contributed by atoms with Crippen LogP contribution >= 0.6 is 0 Å². The second kappa shape index (κ2) is 9.35. The molecular formula is C59H44. The Morgan fingerprint density at radius 2 is 0.712 bits per heavy atom. The summed E-state index contributed by atoms with van der Waals surface area (Å²) in [7, 11) is 0. The summed E-state index contributed by atoms with van der Waals surface area (Å²) in [5.74, 6) is 1.40. The second-order valence-corrected chi connectivity index (χ2v) is 19.9. The Morgan fingerprint density at radius 3 is 1.25 bits per heavy atom. The summed E-state index contributed by atoms with van der Waals surface area (Å²) in [6.07, 6.45) is 43.7. The van der Waals surface area contributed by atoms with Crippen molar-refractivity contribution >= 4 is 0 Å². The van der Waals surface area contributed by atoms with E-state index in [1.165, 1.54) is 66.9 Å².